The Labute approximate surface area is 172 Å². The van der Waals surface area contributed by atoms with Crippen LogP contribution >= 0.6 is 0 Å². The molecular formula is C24H29NO4. The first-order valence-corrected chi connectivity index (χ1v) is 10.0. The predicted octanol–water partition coefficient (Wildman–Crippen LogP) is 4.47. The Balaban J connectivity index is 1.67. The number of ether oxygens (including phenoxy) is 2. The van der Waals surface area contributed by atoms with Crippen molar-refractivity contribution in [3.8, 4) is 11.5 Å². The Kier molecular flexibility index (Phi) is 6.57. The minimum absolute atomic E-state index is 0.00885. The first-order valence-electron chi connectivity index (χ1n) is 10.0. The molecule has 1 aliphatic carbocycles. The maximum Gasteiger partial charge on any atom is 0.223 e. The lowest BCUT2D eigenvalue weighted by Gasteiger charge is -2.24. The highest BCUT2D eigenvalue weighted by Crippen LogP contribution is 2.32. The number of hydrogen-bond donors (Lipinski definition) is 0. The van der Waals surface area contributed by atoms with E-state index >= 15 is 0 Å². The zero-order chi connectivity index (χ0) is 21.0. The van der Waals surface area contributed by atoms with Crippen LogP contribution in [0, 0.1) is 13.8 Å². The van der Waals surface area contributed by atoms with Gasteiger partial charge in [0.2, 0.25) is 5.91 Å². The fraction of sp³-hybridized carbons (Fsp3) is 0.417. The van der Waals surface area contributed by atoms with E-state index in [9.17, 15) is 9.59 Å². The number of aryl methyl sites for hydroxylation is 2. The molecule has 154 valence electrons. The molecule has 2 aromatic carbocycles. The van der Waals surface area contributed by atoms with Crippen LogP contribution in [-0.4, -0.2) is 36.9 Å². The summed E-state index contributed by atoms with van der Waals surface area (Å²) < 4.78 is 10.8. The summed E-state index contributed by atoms with van der Waals surface area (Å²) in [7, 11) is 3.24. The molecule has 0 saturated heterocycles. The van der Waals surface area contributed by atoms with E-state index in [-0.39, 0.29) is 30.6 Å². The van der Waals surface area contributed by atoms with Gasteiger partial charge in [-0.2, -0.15) is 0 Å². The van der Waals surface area contributed by atoms with Crippen molar-refractivity contribution in [3.63, 3.8) is 0 Å². The monoisotopic (exact) mass is 395 g/mol. The fourth-order valence-electron chi connectivity index (χ4n) is 3.42. The number of rotatable bonds is 9. The van der Waals surface area contributed by atoms with Gasteiger partial charge in [0, 0.05) is 36.6 Å². The van der Waals surface area contributed by atoms with Gasteiger partial charge in [-0.15, -0.1) is 0 Å². The molecule has 3 rings (SSSR count). The predicted molar refractivity (Wildman–Crippen MR) is 113 cm³/mol. The molecule has 0 radical (unpaired) electrons. The smallest absolute Gasteiger partial charge is 0.223 e. The van der Waals surface area contributed by atoms with Gasteiger partial charge in [-0.1, -0.05) is 12.1 Å². The van der Waals surface area contributed by atoms with E-state index in [0.29, 0.717) is 12.1 Å². The molecule has 0 unspecified atom stereocenters. The van der Waals surface area contributed by atoms with E-state index in [1.165, 1.54) is 0 Å². The number of carbonyl (C=O) groups excluding carboxylic acids is 2. The van der Waals surface area contributed by atoms with Crippen LogP contribution in [0.5, 0.6) is 11.5 Å². The SMILES string of the molecule is COc1ccc(OC)c(CN(C(=O)CCC(=O)c2ccc(C)c(C)c2)C2CC2)c1. The molecule has 0 N–H and O–H groups in total. The van der Waals surface area contributed by atoms with Gasteiger partial charge in [0.05, 0.1) is 14.2 Å². The van der Waals surface area contributed by atoms with E-state index in [2.05, 4.69) is 0 Å². The second-order valence-corrected chi connectivity index (χ2v) is 7.65. The van der Waals surface area contributed by atoms with Crippen LogP contribution in [0.15, 0.2) is 36.4 Å². The van der Waals surface area contributed by atoms with Gasteiger partial charge in [0.25, 0.3) is 0 Å². The van der Waals surface area contributed by atoms with E-state index < -0.39 is 0 Å². The summed E-state index contributed by atoms with van der Waals surface area (Å²) in [5, 5.41) is 0. The number of nitrogens with zero attached hydrogens (tertiary/aromatic N) is 1. The summed E-state index contributed by atoms with van der Waals surface area (Å²) in [6.45, 7) is 4.47. The van der Waals surface area contributed by atoms with Crippen molar-refractivity contribution in [1.29, 1.82) is 0 Å². The number of amides is 1. The molecule has 0 aromatic heterocycles. The molecule has 1 amide bonds. The molecular weight excluding hydrogens is 366 g/mol. The van der Waals surface area contributed by atoms with Crippen molar-refractivity contribution in [1.82, 2.24) is 4.90 Å². The van der Waals surface area contributed by atoms with E-state index in [1.807, 2.05) is 55.1 Å². The van der Waals surface area contributed by atoms with Gasteiger partial charge < -0.3 is 14.4 Å². The zero-order valence-electron chi connectivity index (χ0n) is 17.7. The Hall–Kier alpha value is -2.82. The van der Waals surface area contributed by atoms with Crippen molar-refractivity contribution in [2.45, 2.75) is 52.1 Å². The number of benzene rings is 2. The zero-order valence-corrected chi connectivity index (χ0v) is 17.7. The molecule has 0 bridgehead atoms. The van der Waals surface area contributed by atoms with Gasteiger partial charge in [-0.3, -0.25) is 9.59 Å². The second kappa shape index (κ2) is 9.12. The van der Waals surface area contributed by atoms with Gasteiger partial charge >= 0.3 is 0 Å². The van der Waals surface area contributed by atoms with E-state index in [1.54, 1.807) is 14.2 Å². The van der Waals surface area contributed by atoms with Crippen LogP contribution < -0.4 is 9.47 Å². The van der Waals surface area contributed by atoms with Crippen molar-refractivity contribution >= 4 is 11.7 Å². The summed E-state index contributed by atoms with van der Waals surface area (Å²) in [5.41, 5.74) is 3.83. The third kappa shape index (κ3) is 5.17. The second-order valence-electron chi connectivity index (χ2n) is 7.65. The van der Waals surface area contributed by atoms with Gasteiger partial charge in [-0.05, 0) is 62.1 Å². The maximum absolute atomic E-state index is 12.9. The highest BCUT2D eigenvalue weighted by atomic mass is 16.5. The lowest BCUT2D eigenvalue weighted by atomic mass is 10.0. The fourth-order valence-corrected chi connectivity index (χ4v) is 3.42. The highest BCUT2D eigenvalue weighted by Gasteiger charge is 2.33. The lowest BCUT2D eigenvalue weighted by molar-refractivity contribution is -0.132. The molecule has 1 saturated carbocycles. The Morgan fingerprint density at radius 1 is 0.966 bits per heavy atom. The number of methoxy groups -OCH3 is 2. The molecule has 1 fully saturated rings. The average molecular weight is 395 g/mol. The van der Waals surface area contributed by atoms with E-state index in [4.69, 9.17) is 9.47 Å². The molecule has 0 atom stereocenters. The van der Waals surface area contributed by atoms with Gasteiger partial charge in [-0.25, -0.2) is 0 Å². The minimum Gasteiger partial charge on any atom is -0.497 e. The van der Waals surface area contributed by atoms with Crippen molar-refractivity contribution in [2.75, 3.05) is 14.2 Å². The van der Waals surface area contributed by atoms with Gasteiger partial charge in [0.1, 0.15) is 11.5 Å². The first-order chi connectivity index (χ1) is 13.9. The first kappa shape index (κ1) is 20.9. The van der Waals surface area contributed by atoms with Crippen molar-refractivity contribution in [2.24, 2.45) is 0 Å². The summed E-state index contributed by atoms with van der Waals surface area (Å²) in [5.74, 6) is 1.48. The summed E-state index contributed by atoms with van der Waals surface area (Å²) in [6, 6.07) is 11.5. The van der Waals surface area contributed by atoms with Crippen LogP contribution in [0.2, 0.25) is 0 Å². The van der Waals surface area contributed by atoms with Crippen LogP contribution in [0.4, 0.5) is 0 Å². The topological polar surface area (TPSA) is 55.8 Å². The van der Waals surface area contributed by atoms with Gasteiger partial charge in [0.15, 0.2) is 5.78 Å². The molecule has 5 nitrogen and oxygen atoms in total. The number of ketones is 1. The Morgan fingerprint density at radius 2 is 1.72 bits per heavy atom. The summed E-state index contributed by atoms with van der Waals surface area (Å²) in [6.07, 6.45) is 2.45. The number of Topliss-reactive ketones (excluding diaryl/α,β-unsaturated/α-hetero) is 1. The molecule has 29 heavy (non-hydrogen) atoms. The lowest BCUT2D eigenvalue weighted by Crippen LogP contribution is -2.33. The third-order valence-corrected chi connectivity index (χ3v) is 5.53. The van der Waals surface area contributed by atoms with Crippen molar-refractivity contribution in [3.05, 3.63) is 58.7 Å². The summed E-state index contributed by atoms with van der Waals surface area (Å²) in [4.78, 5) is 27.4. The molecule has 0 aliphatic heterocycles. The van der Waals surface area contributed by atoms with Crippen LogP contribution in [0.25, 0.3) is 0 Å². The average Bonchev–Trinajstić information content (AvgIpc) is 3.56. The molecule has 2 aromatic rings. The molecule has 0 spiro atoms. The molecule has 0 heterocycles. The molecule has 1 aliphatic rings. The van der Waals surface area contributed by atoms with Crippen LogP contribution in [0.1, 0.15) is 52.7 Å². The van der Waals surface area contributed by atoms with Crippen LogP contribution in [-0.2, 0) is 11.3 Å². The Bertz CT molecular complexity index is 902. The number of carbonyl (C=O) groups is 2. The quantitative estimate of drug-likeness (QED) is 0.588. The molecule has 5 heteroatoms. The minimum atomic E-state index is 0.00885. The summed E-state index contributed by atoms with van der Waals surface area (Å²) >= 11 is 0. The van der Waals surface area contributed by atoms with E-state index in [0.717, 1.165) is 41.0 Å². The third-order valence-electron chi connectivity index (χ3n) is 5.53. The highest BCUT2D eigenvalue weighted by molar-refractivity contribution is 5.98. The van der Waals surface area contributed by atoms with Crippen LogP contribution in [0.3, 0.4) is 0 Å². The standard InChI is InChI=1S/C24H29NO4/c1-16-5-6-18(13-17(16)2)22(26)10-12-24(27)25(20-7-8-20)15-19-14-21(28-3)9-11-23(19)29-4/h5-6,9,11,13-14,20H,7-8,10,12,15H2,1-4H3. The Morgan fingerprint density at radius 3 is 2.34 bits per heavy atom. The largest absolute Gasteiger partial charge is 0.497 e. The maximum atomic E-state index is 12.9. The normalized spacial score (nSPS) is 13.1. The number of hydrogen-bond acceptors (Lipinski definition) is 4. The van der Waals surface area contributed by atoms with Crippen molar-refractivity contribution < 1.29 is 19.1 Å².